The Kier molecular flexibility index (Phi) is 6.07. The van der Waals surface area contributed by atoms with Gasteiger partial charge in [0.05, 0.1) is 25.7 Å². The van der Waals surface area contributed by atoms with Gasteiger partial charge in [0.25, 0.3) is 0 Å². The monoisotopic (exact) mass is 286 g/mol. The minimum Gasteiger partial charge on any atom is -0.480 e. The van der Waals surface area contributed by atoms with Crippen LogP contribution in [0.1, 0.15) is 19.3 Å². The van der Waals surface area contributed by atoms with Crippen molar-refractivity contribution in [3.05, 3.63) is 0 Å². The lowest BCUT2D eigenvalue weighted by atomic mass is 10.1. The maximum absolute atomic E-state index is 11.7. The van der Waals surface area contributed by atoms with Crippen LogP contribution in [0.15, 0.2) is 0 Å². The number of rotatable bonds is 1. The maximum atomic E-state index is 11.7. The predicted molar refractivity (Wildman–Crippen MR) is 67.4 cm³/mol. The molecule has 0 aromatic rings. The van der Waals surface area contributed by atoms with E-state index in [9.17, 15) is 19.2 Å². The van der Waals surface area contributed by atoms with Crippen LogP contribution in [0.3, 0.4) is 0 Å². The molecule has 0 bridgehead atoms. The molecule has 1 aliphatic rings. The van der Waals surface area contributed by atoms with Gasteiger partial charge in [0.15, 0.2) is 5.78 Å². The average Bonchev–Trinajstić information content (AvgIpc) is 2.39. The van der Waals surface area contributed by atoms with E-state index in [0.29, 0.717) is 0 Å². The molecule has 112 valence electrons. The molecule has 1 fully saturated rings. The standard InChI is InChI=1S/C11H18N4O5/c12-6-1-2-9(17)14-5-15-10(18)3-7(11(19)20)13-4-8(6)16/h6-7,13H,1-5,12H2,(H,14,17)(H,15,18)(H,19,20). The first-order valence-corrected chi connectivity index (χ1v) is 6.18. The van der Waals surface area contributed by atoms with E-state index in [-0.39, 0.29) is 38.4 Å². The SMILES string of the molecule is NC1CCC(=O)NCNC(=O)CC(C(=O)O)NCC1=O. The van der Waals surface area contributed by atoms with Gasteiger partial charge in [0.1, 0.15) is 6.04 Å². The van der Waals surface area contributed by atoms with Gasteiger partial charge in [-0.3, -0.25) is 24.5 Å². The van der Waals surface area contributed by atoms with Crippen molar-refractivity contribution in [2.75, 3.05) is 13.2 Å². The van der Waals surface area contributed by atoms with Crippen molar-refractivity contribution in [2.24, 2.45) is 5.73 Å². The largest absolute Gasteiger partial charge is 0.480 e. The second-order valence-electron chi connectivity index (χ2n) is 4.46. The fourth-order valence-electron chi connectivity index (χ4n) is 1.64. The van der Waals surface area contributed by atoms with Crippen LogP contribution >= 0.6 is 0 Å². The van der Waals surface area contributed by atoms with E-state index in [0.717, 1.165) is 0 Å². The third-order valence-electron chi connectivity index (χ3n) is 2.88. The number of hydrogen-bond donors (Lipinski definition) is 5. The summed E-state index contributed by atoms with van der Waals surface area (Å²) >= 11 is 0. The number of carboxylic acids is 1. The Labute approximate surface area is 115 Å². The molecular formula is C11H18N4O5. The molecule has 0 aliphatic carbocycles. The van der Waals surface area contributed by atoms with Crippen LogP contribution in [0.25, 0.3) is 0 Å². The number of nitrogens with two attached hydrogens (primary N) is 1. The van der Waals surface area contributed by atoms with Gasteiger partial charge in [0.2, 0.25) is 11.8 Å². The number of carbonyl (C=O) groups is 4. The number of aliphatic carboxylic acids is 1. The lowest BCUT2D eigenvalue weighted by Crippen LogP contribution is -2.46. The second-order valence-corrected chi connectivity index (χ2v) is 4.46. The third-order valence-corrected chi connectivity index (χ3v) is 2.88. The fraction of sp³-hybridized carbons (Fsp3) is 0.636. The fourth-order valence-corrected chi connectivity index (χ4v) is 1.64. The Balaban J connectivity index is 2.72. The highest BCUT2D eigenvalue weighted by Gasteiger charge is 2.23. The summed E-state index contributed by atoms with van der Waals surface area (Å²) in [7, 11) is 0. The number of Topliss-reactive ketones (excluding diaryl/α,β-unsaturated/α-hetero) is 1. The molecule has 20 heavy (non-hydrogen) atoms. The van der Waals surface area contributed by atoms with E-state index in [1.54, 1.807) is 0 Å². The number of hydrogen-bond acceptors (Lipinski definition) is 6. The minimum atomic E-state index is -1.24. The molecule has 2 atom stereocenters. The quantitative estimate of drug-likeness (QED) is 0.352. The van der Waals surface area contributed by atoms with Crippen LogP contribution < -0.4 is 21.7 Å². The van der Waals surface area contributed by atoms with Gasteiger partial charge in [-0.05, 0) is 6.42 Å². The molecule has 0 spiro atoms. The number of amides is 2. The average molecular weight is 286 g/mol. The zero-order valence-corrected chi connectivity index (χ0v) is 10.8. The maximum Gasteiger partial charge on any atom is 0.321 e. The lowest BCUT2D eigenvalue weighted by Gasteiger charge is -2.14. The second kappa shape index (κ2) is 7.56. The van der Waals surface area contributed by atoms with Crippen LogP contribution in [0, 0.1) is 0 Å². The molecule has 1 saturated heterocycles. The van der Waals surface area contributed by atoms with Crippen LogP contribution in [-0.2, 0) is 19.2 Å². The summed E-state index contributed by atoms with van der Waals surface area (Å²) in [6.45, 7) is -0.347. The summed E-state index contributed by atoms with van der Waals surface area (Å²) in [5.41, 5.74) is 5.61. The van der Waals surface area contributed by atoms with Crippen LogP contribution in [0.2, 0.25) is 0 Å². The Morgan fingerprint density at radius 1 is 1.20 bits per heavy atom. The third kappa shape index (κ3) is 5.33. The van der Waals surface area contributed by atoms with Crippen LogP contribution in [-0.4, -0.2) is 54.0 Å². The highest BCUT2D eigenvalue weighted by atomic mass is 16.4. The molecular weight excluding hydrogens is 268 g/mol. The van der Waals surface area contributed by atoms with E-state index in [1.807, 2.05) is 0 Å². The highest BCUT2D eigenvalue weighted by Crippen LogP contribution is 1.99. The number of ketones is 1. The Morgan fingerprint density at radius 2 is 1.85 bits per heavy atom. The van der Waals surface area contributed by atoms with E-state index in [2.05, 4.69) is 16.0 Å². The zero-order valence-electron chi connectivity index (χ0n) is 10.8. The Bertz CT molecular complexity index is 412. The molecule has 1 heterocycles. The summed E-state index contributed by atoms with van der Waals surface area (Å²) in [5, 5.41) is 16.2. The van der Waals surface area contributed by atoms with Gasteiger partial charge in [-0.1, -0.05) is 0 Å². The summed E-state index contributed by atoms with van der Waals surface area (Å²) in [6.07, 6.45) is -0.114. The van der Waals surface area contributed by atoms with Gasteiger partial charge in [-0.15, -0.1) is 0 Å². The van der Waals surface area contributed by atoms with Crippen molar-refractivity contribution in [1.29, 1.82) is 0 Å². The summed E-state index contributed by atoms with van der Waals surface area (Å²) < 4.78 is 0. The summed E-state index contributed by atoms with van der Waals surface area (Å²) in [5.74, 6) is -2.51. The first-order valence-electron chi connectivity index (χ1n) is 6.18. The molecule has 2 amide bonds. The number of nitrogens with one attached hydrogen (secondary N) is 3. The summed E-state index contributed by atoms with van der Waals surface area (Å²) in [4.78, 5) is 45.5. The van der Waals surface area contributed by atoms with Crippen molar-refractivity contribution in [2.45, 2.75) is 31.3 Å². The molecule has 0 radical (unpaired) electrons. The predicted octanol–water partition coefficient (Wildman–Crippen LogP) is -2.70. The highest BCUT2D eigenvalue weighted by molar-refractivity contribution is 5.88. The van der Waals surface area contributed by atoms with Crippen LogP contribution in [0.5, 0.6) is 0 Å². The van der Waals surface area contributed by atoms with E-state index in [1.165, 1.54) is 0 Å². The summed E-state index contributed by atoms with van der Waals surface area (Å²) in [6, 6.07) is -2.02. The Morgan fingerprint density at radius 3 is 2.50 bits per heavy atom. The molecule has 0 saturated carbocycles. The number of carbonyl (C=O) groups excluding carboxylic acids is 3. The van der Waals surface area contributed by atoms with Crippen LogP contribution in [0.4, 0.5) is 0 Å². The van der Waals surface area contributed by atoms with Crippen molar-refractivity contribution >= 4 is 23.6 Å². The van der Waals surface area contributed by atoms with E-state index in [4.69, 9.17) is 10.8 Å². The normalized spacial score (nSPS) is 26.6. The molecule has 9 nitrogen and oxygen atoms in total. The Hall–Kier alpha value is -2.00. The molecule has 0 aromatic heterocycles. The smallest absolute Gasteiger partial charge is 0.321 e. The lowest BCUT2D eigenvalue weighted by molar-refractivity contribution is -0.141. The number of carboxylic acid groups (broad SMARTS) is 1. The molecule has 2 unspecified atom stereocenters. The van der Waals surface area contributed by atoms with Crippen molar-refractivity contribution < 1.29 is 24.3 Å². The molecule has 1 aliphatic heterocycles. The molecule has 0 aromatic carbocycles. The van der Waals surface area contributed by atoms with Crippen molar-refractivity contribution in [3.8, 4) is 0 Å². The van der Waals surface area contributed by atoms with Gasteiger partial charge < -0.3 is 21.5 Å². The topological polar surface area (TPSA) is 151 Å². The molecule has 6 N–H and O–H groups in total. The van der Waals surface area contributed by atoms with Gasteiger partial charge in [0, 0.05) is 6.42 Å². The molecule has 9 heteroatoms. The van der Waals surface area contributed by atoms with Gasteiger partial charge >= 0.3 is 5.97 Å². The first-order chi connectivity index (χ1) is 9.40. The van der Waals surface area contributed by atoms with E-state index >= 15 is 0 Å². The van der Waals surface area contributed by atoms with Crippen molar-refractivity contribution in [1.82, 2.24) is 16.0 Å². The van der Waals surface area contributed by atoms with Crippen molar-refractivity contribution in [3.63, 3.8) is 0 Å². The first kappa shape index (κ1) is 16.1. The minimum absolute atomic E-state index is 0.0607. The molecule has 1 rings (SSSR count). The van der Waals surface area contributed by atoms with E-state index < -0.39 is 29.7 Å². The van der Waals surface area contributed by atoms with Gasteiger partial charge in [-0.2, -0.15) is 0 Å². The van der Waals surface area contributed by atoms with Gasteiger partial charge in [-0.25, -0.2) is 0 Å². The zero-order chi connectivity index (χ0) is 15.1.